The third-order valence-electron chi connectivity index (χ3n) is 7.42. The molecule has 15 heteroatoms. The van der Waals surface area contributed by atoms with Gasteiger partial charge in [0.1, 0.15) is 23.5 Å². The monoisotopic (exact) mass is 614 g/mol. The molecule has 1 aliphatic carbocycles. The van der Waals surface area contributed by atoms with Crippen LogP contribution in [0.2, 0.25) is 0 Å². The number of anilines is 1. The number of carbonyl (C=O) groups excluding carboxylic acids is 1. The van der Waals surface area contributed by atoms with Crippen molar-refractivity contribution in [2.75, 3.05) is 12.0 Å². The molecule has 2 unspecified atom stereocenters. The lowest BCUT2D eigenvalue weighted by Crippen LogP contribution is -2.37. The van der Waals surface area contributed by atoms with Crippen molar-refractivity contribution < 1.29 is 27.4 Å². The number of halogens is 3. The minimum absolute atomic E-state index is 0.0242. The van der Waals surface area contributed by atoms with E-state index in [0.717, 1.165) is 18.5 Å². The van der Waals surface area contributed by atoms with E-state index in [1.165, 1.54) is 31.3 Å². The van der Waals surface area contributed by atoms with Crippen LogP contribution in [0.1, 0.15) is 56.0 Å². The fourth-order valence-corrected chi connectivity index (χ4v) is 5.28. The number of methoxy groups -OCH3 is 1. The maximum atomic E-state index is 14.6. The molecule has 6 rings (SSSR count). The lowest BCUT2D eigenvalue weighted by molar-refractivity contribution is -0.119. The highest BCUT2D eigenvalue weighted by atomic mass is 31.0. The summed E-state index contributed by atoms with van der Waals surface area (Å²) in [6, 6.07) is 4.72. The molecule has 4 aromatic rings. The molecule has 43 heavy (non-hydrogen) atoms. The number of carbonyl (C=O) groups is 1. The Hall–Kier alpha value is -4.06. The maximum Gasteiger partial charge on any atom is 0.387 e. The molecule has 1 fully saturated rings. The number of alkyl halides is 3. The van der Waals surface area contributed by atoms with Crippen molar-refractivity contribution in [3.8, 4) is 34.4 Å². The van der Waals surface area contributed by atoms with Crippen molar-refractivity contribution in [2.24, 2.45) is 0 Å². The zero-order chi connectivity index (χ0) is 30.5. The Kier molecular flexibility index (Phi) is 7.57. The number of benzene rings is 1. The molecule has 11 nitrogen and oxygen atoms in total. The Morgan fingerprint density at radius 1 is 1.21 bits per heavy atom. The van der Waals surface area contributed by atoms with E-state index in [1.54, 1.807) is 27.6 Å². The van der Waals surface area contributed by atoms with E-state index in [1.807, 2.05) is 6.92 Å². The van der Waals surface area contributed by atoms with Crippen molar-refractivity contribution in [3.05, 3.63) is 47.7 Å². The van der Waals surface area contributed by atoms with Gasteiger partial charge >= 0.3 is 6.61 Å². The fraction of sp³-hybridized carbons (Fsp3) is 0.429. The minimum Gasteiger partial charge on any atom is -0.480 e. The molecular weight excluding hydrogens is 584 g/mol. The number of hydrogen-bond acceptors (Lipinski definition) is 8. The Balaban J connectivity index is 1.36. The van der Waals surface area contributed by atoms with Crippen LogP contribution in [0.25, 0.3) is 22.8 Å². The van der Waals surface area contributed by atoms with Crippen LogP contribution in [-0.4, -0.2) is 53.9 Å². The predicted molar refractivity (Wildman–Crippen MR) is 154 cm³/mol. The minimum atomic E-state index is -3.11. The Morgan fingerprint density at radius 2 is 2.00 bits per heavy atom. The second-order valence-electron chi connectivity index (χ2n) is 10.6. The maximum absolute atomic E-state index is 14.6. The molecule has 226 valence electrons. The van der Waals surface area contributed by atoms with Gasteiger partial charge in [-0.2, -0.15) is 13.8 Å². The number of nitrogens with zero attached hydrogens (tertiary/aromatic N) is 8. The van der Waals surface area contributed by atoms with Crippen molar-refractivity contribution in [3.63, 3.8) is 0 Å². The van der Waals surface area contributed by atoms with Crippen molar-refractivity contribution in [1.29, 1.82) is 0 Å². The Bertz CT molecular complexity index is 1680. The van der Waals surface area contributed by atoms with Crippen molar-refractivity contribution >= 4 is 21.1 Å². The molecule has 0 bridgehead atoms. The van der Waals surface area contributed by atoms with E-state index in [4.69, 9.17) is 14.5 Å². The number of amides is 1. The number of rotatable bonds is 10. The lowest BCUT2D eigenvalue weighted by Gasteiger charge is -2.26. The lowest BCUT2D eigenvalue weighted by atomic mass is 10.1. The summed E-state index contributed by atoms with van der Waals surface area (Å²) in [5.74, 6) is 1.23. The summed E-state index contributed by atoms with van der Waals surface area (Å²) in [7, 11) is 3.60. The van der Waals surface area contributed by atoms with Gasteiger partial charge in [-0.1, -0.05) is 15.3 Å². The summed E-state index contributed by atoms with van der Waals surface area (Å²) >= 11 is 0. The summed E-state index contributed by atoms with van der Waals surface area (Å²) < 4.78 is 55.4. The van der Waals surface area contributed by atoms with Gasteiger partial charge in [-0.25, -0.2) is 24.0 Å². The van der Waals surface area contributed by atoms with Crippen LogP contribution >= 0.6 is 9.24 Å². The highest BCUT2D eigenvalue weighted by Gasteiger charge is 2.35. The molecule has 0 saturated heterocycles. The number of imidazole rings is 1. The van der Waals surface area contributed by atoms with Crippen LogP contribution in [0, 0.1) is 0 Å². The quantitative estimate of drug-likeness (QED) is 0.228. The zero-order valence-electron chi connectivity index (χ0n) is 23.8. The van der Waals surface area contributed by atoms with Gasteiger partial charge in [0.2, 0.25) is 17.7 Å². The molecule has 2 atom stereocenters. The van der Waals surface area contributed by atoms with Gasteiger partial charge in [0.05, 0.1) is 37.2 Å². The number of fused-ring (bicyclic) bond motifs is 1. The summed E-state index contributed by atoms with van der Waals surface area (Å²) in [4.78, 5) is 32.4. The first-order chi connectivity index (χ1) is 20.6. The average molecular weight is 615 g/mol. The van der Waals surface area contributed by atoms with Crippen LogP contribution in [0.15, 0.2) is 30.7 Å². The molecule has 0 spiro atoms. The van der Waals surface area contributed by atoms with Gasteiger partial charge < -0.3 is 14.0 Å². The first-order valence-electron chi connectivity index (χ1n) is 13.8. The van der Waals surface area contributed by atoms with Crippen LogP contribution in [0.4, 0.5) is 19.1 Å². The number of aromatic nitrogens is 7. The Morgan fingerprint density at radius 3 is 2.67 bits per heavy atom. The van der Waals surface area contributed by atoms with Crippen LogP contribution in [-0.2, 0) is 29.8 Å². The van der Waals surface area contributed by atoms with E-state index in [0.29, 0.717) is 41.9 Å². The second-order valence-corrected chi connectivity index (χ2v) is 11.7. The van der Waals surface area contributed by atoms with Crippen LogP contribution < -0.4 is 14.4 Å². The first kappa shape index (κ1) is 29.0. The van der Waals surface area contributed by atoms with Gasteiger partial charge in [-0.05, 0) is 44.4 Å². The third kappa shape index (κ3) is 5.67. The van der Waals surface area contributed by atoms with Crippen molar-refractivity contribution in [1.82, 2.24) is 34.3 Å². The smallest absolute Gasteiger partial charge is 0.387 e. The molecule has 1 saturated carbocycles. The molecule has 2 aliphatic rings. The van der Waals surface area contributed by atoms with Gasteiger partial charge in [0, 0.05) is 25.1 Å². The summed E-state index contributed by atoms with van der Waals surface area (Å²) in [5.41, 5.74) is 2.33. The van der Waals surface area contributed by atoms with E-state index >= 15 is 0 Å². The summed E-state index contributed by atoms with van der Waals surface area (Å²) in [6.45, 7) is 0.854. The molecule has 3 aromatic heterocycles. The van der Waals surface area contributed by atoms with Crippen LogP contribution in [0.3, 0.4) is 0 Å². The summed E-state index contributed by atoms with van der Waals surface area (Å²) in [5, 5.41) is 2.86. The predicted octanol–water partition coefficient (Wildman–Crippen LogP) is 5.06. The molecule has 1 aromatic carbocycles. The molecule has 0 radical (unpaired) electrons. The highest BCUT2D eigenvalue weighted by molar-refractivity contribution is 7.18. The van der Waals surface area contributed by atoms with Gasteiger partial charge in [0.15, 0.2) is 11.2 Å². The summed E-state index contributed by atoms with van der Waals surface area (Å²) in [6.07, 6.45) is 5.17. The Labute approximate surface area is 247 Å². The number of hydrogen-bond donors (Lipinski definition) is 0. The number of aryl methyl sites for hydroxylation is 2. The van der Waals surface area contributed by atoms with E-state index < -0.39 is 12.0 Å². The molecule has 4 heterocycles. The molecule has 1 aliphatic heterocycles. The fourth-order valence-electron chi connectivity index (χ4n) is 5.14. The topological polar surface area (TPSA) is 113 Å². The average Bonchev–Trinajstić information content (AvgIpc) is 3.57. The van der Waals surface area contributed by atoms with Gasteiger partial charge in [-0.3, -0.25) is 9.69 Å². The normalized spacial score (nSPS) is 16.4. The second kappa shape index (κ2) is 11.2. The SMILES string of the molecule is CCn1cc(C(C)(F)P)nc1-c1ccc(CN2C(=O)CCn3nc(-c4c(OC)ncnc4C4CC4)nc32)cc1OC(F)F. The van der Waals surface area contributed by atoms with Crippen LogP contribution in [0.5, 0.6) is 11.6 Å². The standard InChI is InChI=1S/C28H30F3N8O3P/c1-4-37-13-19(28(2,31)43)34-24(37)17-8-5-15(11-18(17)42-26(29)30)12-38-20(40)9-10-39-27(38)35-23(36-39)21-22(16-6-7-16)32-14-33-25(21)41-3/h5,8,11,13-14,16,26H,4,6-7,9-10,12,43H2,1-3H3. The van der Waals surface area contributed by atoms with E-state index in [9.17, 15) is 18.0 Å². The zero-order valence-corrected chi connectivity index (χ0v) is 25.0. The number of ether oxygens (including phenoxy) is 2. The van der Waals surface area contributed by atoms with E-state index in [-0.39, 0.29) is 47.6 Å². The third-order valence-corrected chi connectivity index (χ3v) is 7.71. The molecule has 1 amide bonds. The van der Waals surface area contributed by atoms with Gasteiger partial charge in [-0.15, -0.1) is 5.10 Å². The first-order valence-corrected chi connectivity index (χ1v) is 14.4. The molecule has 0 N–H and O–H groups in total. The van der Waals surface area contributed by atoms with Crippen molar-refractivity contribution in [2.45, 2.75) is 70.7 Å². The largest absolute Gasteiger partial charge is 0.480 e. The highest BCUT2D eigenvalue weighted by Crippen LogP contribution is 2.45. The molecular formula is C28H30F3N8O3P. The van der Waals surface area contributed by atoms with Gasteiger partial charge in [0.25, 0.3) is 0 Å². The van der Waals surface area contributed by atoms with E-state index in [2.05, 4.69) is 29.3 Å².